The van der Waals surface area contributed by atoms with Crippen molar-refractivity contribution in [3.05, 3.63) is 59.7 Å². The van der Waals surface area contributed by atoms with Crippen molar-refractivity contribution in [3.8, 4) is 11.5 Å². The van der Waals surface area contributed by atoms with Crippen LogP contribution in [0.3, 0.4) is 0 Å². The van der Waals surface area contributed by atoms with Crippen LogP contribution in [0.25, 0.3) is 0 Å². The molecule has 2 aromatic rings. The van der Waals surface area contributed by atoms with Crippen LogP contribution in [0, 0.1) is 0 Å². The Balaban J connectivity index is -0.00000289. The molecule has 0 aliphatic carbocycles. The van der Waals surface area contributed by atoms with Gasteiger partial charge in [0.1, 0.15) is 11.5 Å². The standard InChI is InChI=1S/C27H44N4O2.4ClH/c32-26-12-8-24(9-13-26)22-30-20-6-18-28-16-4-2-1-3-5-17-29-19-7-21-31-23-25-10-14-27(33)15-11-25;;;;/h8-15,28-33H,1-7,16-23H2;4*1H. The van der Waals surface area contributed by atoms with E-state index in [-0.39, 0.29) is 49.6 Å². The Hall–Kier alpha value is -0.960. The monoisotopic (exact) mass is 600 g/mol. The van der Waals surface area contributed by atoms with E-state index >= 15 is 0 Å². The second kappa shape index (κ2) is 28.1. The second-order valence-corrected chi connectivity index (χ2v) is 8.66. The molecule has 6 N–H and O–H groups in total. The maximum atomic E-state index is 9.28. The van der Waals surface area contributed by atoms with Gasteiger partial charge in [-0.05, 0) is 100 Å². The van der Waals surface area contributed by atoms with Gasteiger partial charge in [0.25, 0.3) is 0 Å². The fourth-order valence-electron chi connectivity index (χ4n) is 3.65. The van der Waals surface area contributed by atoms with Crippen LogP contribution in [-0.2, 0) is 13.1 Å². The van der Waals surface area contributed by atoms with Gasteiger partial charge < -0.3 is 31.5 Å². The highest BCUT2D eigenvalue weighted by molar-refractivity contribution is 5.86. The fourth-order valence-corrected chi connectivity index (χ4v) is 3.65. The zero-order chi connectivity index (χ0) is 23.4. The van der Waals surface area contributed by atoms with Crippen LogP contribution in [-0.4, -0.2) is 49.5 Å². The predicted octanol–water partition coefficient (Wildman–Crippen LogP) is 5.57. The Morgan fingerprint density at radius 3 is 1.05 bits per heavy atom. The van der Waals surface area contributed by atoms with E-state index in [1.165, 1.54) is 43.2 Å². The largest absolute Gasteiger partial charge is 0.508 e. The second-order valence-electron chi connectivity index (χ2n) is 8.66. The fraction of sp³-hybridized carbons (Fsp3) is 0.556. The molecule has 0 radical (unpaired) electrons. The third kappa shape index (κ3) is 22.7. The van der Waals surface area contributed by atoms with E-state index in [4.69, 9.17) is 0 Å². The maximum Gasteiger partial charge on any atom is 0.115 e. The lowest BCUT2D eigenvalue weighted by atomic mass is 10.1. The first kappa shape index (κ1) is 40.5. The first-order valence-electron chi connectivity index (χ1n) is 12.6. The Morgan fingerprint density at radius 2 is 0.676 bits per heavy atom. The van der Waals surface area contributed by atoms with Gasteiger partial charge in [-0.1, -0.05) is 43.5 Å². The number of aromatic hydroxyl groups is 2. The molecule has 0 aliphatic heterocycles. The molecule has 0 spiro atoms. The van der Waals surface area contributed by atoms with Gasteiger partial charge in [0.05, 0.1) is 0 Å². The van der Waals surface area contributed by atoms with Crippen molar-refractivity contribution in [2.75, 3.05) is 39.3 Å². The molecule has 0 aliphatic rings. The summed E-state index contributed by atoms with van der Waals surface area (Å²) < 4.78 is 0. The summed E-state index contributed by atoms with van der Waals surface area (Å²) in [6.45, 7) is 8.10. The smallest absolute Gasteiger partial charge is 0.115 e. The van der Waals surface area contributed by atoms with Crippen molar-refractivity contribution in [2.24, 2.45) is 0 Å². The van der Waals surface area contributed by atoms with Gasteiger partial charge in [0.2, 0.25) is 0 Å². The molecule has 10 heteroatoms. The van der Waals surface area contributed by atoms with Crippen LogP contribution in [0.4, 0.5) is 0 Å². The van der Waals surface area contributed by atoms with Crippen LogP contribution in [0.2, 0.25) is 0 Å². The zero-order valence-electron chi connectivity index (χ0n) is 21.8. The summed E-state index contributed by atoms with van der Waals surface area (Å²) >= 11 is 0. The van der Waals surface area contributed by atoms with Crippen LogP contribution in [0.5, 0.6) is 11.5 Å². The number of halogens is 4. The molecule has 0 saturated heterocycles. The Labute approximate surface area is 248 Å². The average Bonchev–Trinajstić information content (AvgIpc) is 2.83. The minimum Gasteiger partial charge on any atom is -0.508 e. The van der Waals surface area contributed by atoms with Gasteiger partial charge >= 0.3 is 0 Å². The molecule has 0 aromatic heterocycles. The number of nitrogens with one attached hydrogen (secondary N) is 4. The van der Waals surface area contributed by atoms with Gasteiger partial charge in [0, 0.05) is 13.1 Å². The number of phenols is 2. The highest BCUT2D eigenvalue weighted by Gasteiger charge is 1.96. The van der Waals surface area contributed by atoms with Crippen LogP contribution < -0.4 is 21.3 Å². The molecule has 0 saturated carbocycles. The molecule has 0 fully saturated rings. The first-order valence-corrected chi connectivity index (χ1v) is 12.6. The summed E-state index contributed by atoms with van der Waals surface area (Å²) in [6.07, 6.45) is 8.75. The molecular formula is C27H48Cl4N4O2. The molecule has 0 unspecified atom stereocenters. The lowest BCUT2D eigenvalue weighted by Gasteiger charge is -2.08. The maximum absolute atomic E-state index is 9.28. The van der Waals surface area contributed by atoms with Crippen molar-refractivity contribution >= 4 is 49.6 Å². The summed E-state index contributed by atoms with van der Waals surface area (Å²) in [6, 6.07) is 14.8. The number of benzene rings is 2. The molecule has 0 amide bonds. The number of hydrogen-bond donors (Lipinski definition) is 6. The molecule has 0 atom stereocenters. The van der Waals surface area contributed by atoms with Gasteiger partial charge in [-0.15, -0.1) is 49.6 Å². The molecule has 2 rings (SSSR count). The normalized spacial score (nSPS) is 9.95. The third-order valence-electron chi connectivity index (χ3n) is 5.65. The lowest BCUT2D eigenvalue weighted by Crippen LogP contribution is -2.22. The molecule has 2 aromatic carbocycles. The minimum atomic E-state index is 0. The molecular weight excluding hydrogens is 554 g/mol. The van der Waals surface area contributed by atoms with Gasteiger partial charge in [-0.25, -0.2) is 0 Å². The van der Waals surface area contributed by atoms with E-state index in [9.17, 15) is 10.2 Å². The van der Waals surface area contributed by atoms with E-state index in [2.05, 4.69) is 21.3 Å². The van der Waals surface area contributed by atoms with Gasteiger partial charge in [-0.3, -0.25) is 0 Å². The summed E-state index contributed by atoms with van der Waals surface area (Å²) in [5, 5.41) is 32.5. The van der Waals surface area contributed by atoms with Crippen molar-refractivity contribution in [1.29, 1.82) is 0 Å². The number of hydrogen-bond acceptors (Lipinski definition) is 6. The predicted molar refractivity (Wildman–Crippen MR) is 167 cm³/mol. The molecule has 216 valence electrons. The average molecular weight is 603 g/mol. The molecule has 6 nitrogen and oxygen atoms in total. The number of rotatable bonds is 20. The summed E-state index contributed by atoms with van der Waals surface area (Å²) in [4.78, 5) is 0. The quantitative estimate of drug-likeness (QED) is 0.111. The zero-order valence-corrected chi connectivity index (χ0v) is 25.0. The van der Waals surface area contributed by atoms with E-state index < -0.39 is 0 Å². The summed E-state index contributed by atoms with van der Waals surface area (Å²) in [7, 11) is 0. The molecule has 37 heavy (non-hydrogen) atoms. The van der Waals surface area contributed by atoms with E-state index in [1.807, 2.05) is 24.3 Å². The van der Waals surface area contributed by atoms with Crippen molar-refractivity contribution < 1.29 is 10.2 Å². The van der Waals surface area contributed by atoms with E-state index in [1.54, 1.807) is 24.3 Å². The first-order chi connectivity index (χ1) is 16.2. The van der Waals surface area contributed by atoms with Gasteiger partial charge in [-0.2, -0.15) is 0 Å². The number of phenolic OH excluding ortho intramolecular Hbond substituents is 2. The minimum absolute atomic E-state index is 0. The Morgan fingerprint density at radius 1 is 0.378 bits per heavy atom. The molecule has 0 bridgehead atoms. The van der Waals surface area contributed by atoms with Crippen LogP contribution >= 0.6 is 49.6 Å². The number of unbranched alkanes of at least 4 members (excludes halogenated alkanes) is 4. The van der Waals surface area contributed by atoms with Crippen molar-refractivity contribution in [2.45, 2.75) is 58.0 Å². The van der Waals surface area contributed by atoms with E-state index in [0.29, 0.717) is 11.5 Å². The van der Waals surface area contributed by atoms with Crippen molar-refractivity contribution in [1.82, 2.24) is 21.3 Å². The highest BCUT2D eigenvalue weighted by Crippen LogP contribution is 2.10. The highest BCUT2D eigenvalue weighted by atomic mass is 35.5. The lowest BCUT2D eigenvalue weighted by molar-refractivity contribution is 0.474. The topological polar surface area (TPSA) is 88.6 Å². The van der Waals surface area contributed by atoms with Crippen LogP contribution in [0.15, 0.2) is 48.5 Å². The SMILES string of the molecule is Cl.Cl.Cl.Cl.Oc1ccc(CNCCCNCCCCCCCNCCCNCc2ccc(O)cc2)cc1. The third-order valence-corrected chi connectivity index (χ3v) is 5.65. The Bertz CT molecular complexity index is 664. The van der Waals surface area contributed by atoms with Crippen LogP contribution in [0.1, 0.15) is 56.1 Å². The Kier molecular flexibility index (Phi) is 30.7. The summed E-state index contributed by atoms with van der Waals surface area (Å²) in [5.74, 6) is 0.644. The van der Waals surface area contributed by atoms with Crippen molar-refractivity contribution in [3.63, 3.8) is 0 Å². The molecule has 0 heterocycles. The summed E-state index contributed by atoms with van der Waals surface area (Å²) in [5.41, 5.74) is 2.41. The van der Waals surface area contributed by atoms with E-state index in [0.717, 1.165) is 65.2 Å². The van der Waals surface area contributed by atoms with Gasteiger partial charge in [0.15, 0.2) is 0 Å².